The molecule has 1 saturated carbocycles. The van der Waals surface area contributed by atoms with Crippen LogP contribution < -0.4 is 5.56 Å². The average molecular weight is 425 g/mol. The molecule has 164 valence electrons. The lowest BCUT2D eigenvalue weighted by Gasteiger charge is -2.24. The van der Waals surface area contributed by atoms with Gasteiger partial charge in [-0.15, -0.1) is 10.2 Å². The largest absolute Gasteiger partial charge is 0.381 e. The lowest BCUT2D eigenvalue weighted by molar-refractivity contribution is 0.0834. The van der Waals surface area contributed by atoms with Crippen LogP contribution in [-0.2, 0) is 17.7 Å². The fourth-order valence-electron chi connectivity index (χ4n) is 5.06. The van der Waals surface area contributed by atoms with Crippen molar-refractivity contribution < 1.29 is 9.13 Å². The van der Waals surface area contributed by atoms with Gasteiger partial charge >= 0.3 is 0 Å². The molecule has 3 aromatic rings. The molecule has 6 nitrogen and oxygen atoms in total. The molecule has 2 aliphatic rings. The maximum atomic E-state index is 13.5. The normalized spacial score (nSPS) is 18.6. The molecule has 0 amide bonds. The summed E-state index contributed by atoms with van der Waals surface area (Å²) >= 11 is 0. The summed E-state index contributed by atoms with van der Waals surface area (Å²) in [7, 11) is 0. The fraction of sp³-hybridized carbons (Fsp3) is 0.542. The molecule has 1 aliphatic heterocycles. The maximum Gasteiger partial charge on any atom is 0.296 e. The van der Waals surface area contributed by atoms with Gasteiger partial charge in [-0.05, 0) is 49.3 Å². The lowest BCUT2D eigenvalue weighted by Crippen LogP contribution is -2.30. The standard InChI is InChI=1S/C24H29FN4O2/c25-20-8-6-17(7-9-20)14-21-16-29-22(19-10-12-31-13-11-19)26-27-23(29)24(30)28(21)15-18-4-2-1-3-5-18/h6-9,16,18-19H,1-5,10-15H2. The Morgan fingerprint density at radius 2 is 1.74 bits per heavy atom. The zero-order chi connectivity index (χ0) is 21.2. The summed E-state index contributed by atoms with van der Waals surface area (Å²) in [5.41, 5.74) is 2.25. The van der Waals surface area contributed by atoms with Crippen LogP contribution in [0.25, 0.3) is 5.65 Å². The van der Waals surface area contributed by atoms with Crippen LogP contribution in [0, 0.1) is 11.7 Å². The van der Waals surface area contributed by atoms with E-state index in [4.69, 9.17) is 4.74 Å². The minimum absolute atomic E-state index is 0.0732. The predicted octanol–water partition coefficient (Wildman–Crippen LogP) is 4.10. The number of hydrogen-bond acceptors (Lipinski definition) is 4. The van der Waals surface area contributed by atoms with Gasteiger partial charge in [-0.3, -0.25) is 9.20 Å². The fourth-order valence-corrected chi connectivity index (χ4v) is 5.06. The third-order valence-electron chi connectivity index (χ3n) is 6.83. The first-order chi connectivity index (χ1) is 15.2. The number of benzene rings is 1. The zero-order valence-electron chi connectivity index (χ0n) is 17.8. The van der Waals surface area contributed by atoms with E-state index >= 15 is 0 Å². The van der Waals surface area contributed by atoms with Gasteiger partial charge < -0.3 is 9.30 Å². The van der Waals surface area contributed by atoms with Crippen molar-refractivity contribution in [2.75, 3.05) is 13.2 Å². The first-order valence-corrected chi connectivity index (χ1v) is 11.5. The van der Waals surface area contributed by atoms with E-state index < -0.39 is 0 Å². The van der Waals surface area contributed by atoms with Crippen molar-refractivity contribution in [3.63, 3.8) is 0 Å². The van der Waals surface area contributed by atoms with Crippen LogP contribution in [0.5, 0.6) is 0 Å². The summed E-state index contributed by atoms with van der Waals surface area (Å²) in [6.07, 6.45) is 10.4. The number of fused-ring (bicyclic) bond motifs is 1. The number of halogens is 1. The summed E-state index contributed by atoms with van der Waals surface area (Å²) in [5, 5.41) is 8.72. The Bertz CT molecular complexity index is 1090. The molecule has 0 N–H and O–H groups in total. The molecule has 0 unspecified atom stereocenters. The Morgan fingerprint density at radius 3 is 2.48 bits per heavy atom. The highest BCUT2D eigenvalue weighted by atomic mass is 19.1. The minimum Gasteiger partial charge on any atom is -0.381 e. The summed E-state index contributed by atoms with van der Waals surface area (Å²) in [6, 6.07) is 6.54. The molecule has 5 rings (SSSR count). The molecule has 0 atom stereocenters. The summed E-state index contributed by atoms with van der Waals surface area (Å²) in [5.74, 6) is 1.36. The third-order valence-corrected chi connectivity index (χ3v) is 6.83. The quantitative estimate of drug-likeness (QED) is 0.619. The highest BCUT2D eigenvalue weighted by Crippen LogP contribution is 2.27. The van der Waals surface area contributed by atoms with Gasteiger partial charge in [-0.2, -0.15) is 0 Å². The van der Waals surface area contributed by atoms with Gasteiger partial charge in [0.25, 0.3) is 5.56 Å². The molecule has 0 radical (unpaired) electrons. The van der Waals surface area contributed by atoms with Crippen LogP contribution in [-0.4, -0.2) is 32.4 Å². The maximum absolute atomic E-state index is 13.5. The Kier molecular flexibility index (Phi) is 5.85. The average Bonchev–Trinajstić information content (AvgIpc) is 3.23. The van der Waals surface area contributed by atoms with Gasteiger partial charge in [0.1, 0.15) is 11.6 Å². The van der Waals surface area contributed by atoms with E-state index in [1.54, 1.807) is 12.1 Å². The number of nitrogens with zero attached hydrogens (tertiary/aromatic N) is 4. The van der Waals surface area contributed by atoms with E-state index in [2.05, 4.69) is 10.2 Å². The summed E-state index contributed by atoms with van der Waals surface area (Å²) in [6.45, 7) is 2.13. The second kappa shape index (κ2) is 8.91. The van der Waals surface area contributed by atoms with Crippen LogP contribution >= 0.6 is 0 Å². The number of hydrogen-bond donors (Lipinski definition) is 0. The van der Waals surface area contributed by atoms with Crippen molar-refractivity contribution in [3.8, 4) is 0 Å². The predicted molar refractivity (Wildman–Crippen MR) is 116 cm³/mol. The van der Waals surface area contributed by atoms with Crippen LogP contribution in [0.15, 0.2) is 35.3 Å². The molecule has 31 heavy (non-hydrogen) atoms. The Hall–Kier alpha value is -2.54. The van der Waals surface area contributed by atoms with Crippen molar-refractivity contribution >= 4 is 5.65 Å². The Morgan fingerprint density at radius 1 is 1.00 bits per heavy atom. The van der Waals surface area contributed by atoms with Crippen LogP contribution in [0.4, 0.5) is 4.39 Å². The number of rotatable bonds is 5. The molecule has 2 aromatic heterocycles. The van der Waals surface area contributed by atoms with Crippen molar-refractivity contribution in [1.82, 2.24) is 19.2 Å². The van der Waals surface area contributed by atoms with Crippen LogP contribution in [0.2, 0.25) is 0 Å². The first kappa shape index (κ1) is 20.4. The van der Waals surface area contributed by atoms with Gasteiger partial charge in [-0.1, -0.05) is 31.4 Å². The van der Waals surface area contributed by atoms with E-state index in [9.17, 15) is 9.18 Å². The van der Waals surface area contributed by atoms with Gasteiger partial charge in [0.15, 0.2) is 0 Å². The molecule has 0 spiro atoms. The van der Waals surface area contributed by atoms with E-state index in [-0.39, 0.29) is 17.3 Å². The van der Waals surface area contributed by atoms with Gasteiger partial charge in [0.2, 0.25) is 5.65 Å². The van der Waals surface area contributed by atoms with Gasteiger partial charge in [0, 0.05) is 44.0 Å². The van der Waals surface area contributed by atoms with E-state index in [0.717, 1.165) is 42.8 Å². The highest BCUT2D eigenvalue weighted by molar-refractivity contribution is 5.38. The van der Waals surface area contributed by atoms with Crippen LogP contribution in [0.3, 0.4) is 0 Å². The molecule has 7 heteroatoms. The van der Waals surface area contributed by atoms with Crippen molar-refractivity contribution in [2.45, 2.75) is 63.8 Å². The van der Waals surface area contributed by atoms with Crippen molar-refractivity contribution in [1.29, 1.82) is 0 Å². The van der Waals surface area contributed by atoms with E-state index in [1.165, 1.54) is 31.4 Å². The first-order valence-electron chi connectivity index (χ1n) is 11.5. The van der Waals surface area contributed by atoms with Crippen LogP contribution in [0.1, 0.15) is 67.9 Å². The molecule has 3 heterocycles. The second-order valence-corrected chi connectivity index (χ2v) is 8.98. The van der Waals surface area contributed by atoms with E-state index in [1.807, 2.05) is 15.2 Å². The third kappa shape index (κ3) is 4.28. The Labute approximate surface area is 181 Å². The molecule has 2 fully saturated rings. The van der Waals surface area contributed by atoms with Crippen molar-refractivity contribution in [3.05, 3.63) is 63.7 Å². The SMILES string of the molecule is O=c1c2nnc(C3CCOCC3)n2cc(Cc2ccc(F)cc2)n1CC1CCCCC1. The molecule has 0 bridgehead atoms. The Balaban J connectivity index is 1.57. The van der Waals surface area contributed by atoms with Crippen molar-refractivity contribution in [2.24, 2.45) is 5.92 Å². The van der Waals surface area contributed by atoms with Gasteiger partial charge in [-0.25, -0.2) is 4.39 Å². The van der Waals surface area contributed by atoms with Gasteiger partial charge in [0.05, 0.1) is 0 Å². The number of ether oxygens (including phenoxy) is 1. The second-order valence-electron chi connectivity index (χ2n) is 8.98. The molecule has 1 saturated heterocycles. The molecule has 1 aromatic carbocycles. The summed E-state index contributed by atoms with van der Waals surface area (Å²) in [4.78, 5) is 13.5. The lowest BCUT2D eigenvalue weighted by atomic mass is 9.89. The minimum atomic E-state index is -0.251. The molecule has 1 aliphatic carbocycles. The zero-order valence-corrected chi connectivity index (χ0v) is 17.8. The smallest absolute Gasteiger partial charge is 0.296 e. The molecular weight excluding hydrogens is 395 g/mol. The monoisotopic (exact) mass is 424 g/mol. The highest BCUT2D eigenvalue weighted by Gasteiger charge is 2.24. The van der Waals surface area contributed by atoms with E-state index in [0.29, 0.717) is 37.7 Å². The number of aromatic nitrogens is 4. The summed E-state index contributed by atoms with van der Waals surface area (Å²) < 4.78 is 22.7. The topological polar surface area (TPSA) is 61.4 Å². The molecular formula is C24H29FN4O2.